The SMILES string of the molecule is Cc1ccc(CNc2nc(N3CC4CC4C3)ncc2C(=O)NC2CCC(OP(=O)([O-])[O-])CC2)cc1Cl.[Na+].[Na+]. The first-order valence-electron chi connectivity index (χ1n) is 12.3. The number of anilines is 2. The van der Waals surface area contributed by atoms with Gasteiger partial charge in [0.2, 0.25) is 5.95 Å². The van der Waals surface area contributed by atoms with Crippen LogP contribution < -0.4 is 84.4 Å². The van der Waals surface area contributed by atoms with E-state index in [0.29, 0.717) is 54.6 Å². The Hall–Kier alpha value is -0.230. The van der Waals surface area contributed by atoms with Crippen LogP contribution >= 0.6 is 19.4 Å². The zero-order chi connectivity index (χ0) is 25.4. The van der Waals surface area contributed by atoms with E-state index in [4.69, 9.17) is 16.6 Å². The van der Waals surface area contributed by atoms with Gasteiger partial charge in [0.05, 0.1) is 13.9 Å². The normalized spacial score (nSPS) is 24.1. The number of hydrogen-bond donors (Lipinski definition) is 2. The molecule has 0 spiro atoms. The average Bonchev–Trinajstić information content (AvgIpc) is 3.44. The fraction of sp³-hybridized carbons (Fsp3) is 0.542. The van der Waals surface area contributed by atoms with Crippen molar-refractivity contribution in [2.24, 2.45) is 11.8 Å². The van der Waals surface area contributed by atoms with Crippen molar-refractivity contribution in [3.8, 4) is 0 Å². The number of phosphoric ester groups is 1. The minimum absolute atomic E-state index is 0. The number of nitrogens with one attached hydrogen (secondary N) is 2. The van der Waals surface area contributed by atoms with Crippen LogP contribution in [-0.4, -0.2) is 41.1 Å². The summed E-state index contributed by atoms with van der Waals surface area (Å²) in [6.45, 7) is 4.26. The molecule has 38 heavy (non-hydrogen) atoms. The predicted octanol–water partition coefficient (Wildman–Crippen LogP) is -3.60. The molecule has 10 nitrogen and oxygen atoms in total. The van der Waals surface area contributed by atoms with Crippen LogP contribution in [-0.2, 0) is 15.6 Å². The van der Waals surface area contributed by atoms with Crippen LogP contribution in [0.25, 0.3) is 0 Å². The zero-order valence-corrected chi connectivity index (χ0v) is 27.6. The third kappa shape index (κ3) is 8.40. The Bertz CT molecular complexity index is 1190. The first-order chi connectivity index (χ1) is 17.1. The Kier molecular flexibility index (Phi) is 11.6. The van der Waals surface area contributed by atoms with Gasteiger partial charge in [0.25, 0.3) is 5.91 Å². The number of nitrogens with zero attached hydrogens (tertiary/aromatic N) is 3. The number of halogens is 1. The molecule has 3 fully saturated rings. The third-order valence-corrected chi connectivity index (χ3v) is 8.23. The monoisotopic (exact) mass is 579 g/mol. The molecule has 0 radical (unpaired) electrons. The maximum absolute atomic E-state index is 13.2. The van der Waals surface area contributed by atoms with E-state index in [1.807, 2.05) is 25.1 Å². The van der Waals surface area contributed by atoms with Gasteiger partial charge in [-0.3, -0.25) is 4.79 Å². The molecule has 1 aromatic heterocycles. The molecule has 1 amide bonds. The molecule has 5 rings (SSSR count). The van der Waals surface area contributed by atoms with Crippen molar-refractivity contribution >= 4 is 37.1 Å². The fourth-order valence-electron chi connectivity index (χ4n) is 5.08. The molecule has 2 heterocycles. The van der Waals surface area contributed by atoms with Crippen molar-refractivity contribution in [1.82, 2.24) is 15.3 Å². The summed E-state index contributed by atoms with van der Waals surface area (Å²) in [7, 11) is -5.01. The fourth-order valence-corrected chi connectivity index (χ4v) is 5.86. The summed E-state index contributed by atoms with van der Waals surface area (Å²) in [5.41, 5.74) is 2.29. The molecule has 1 saturated heterocycles. The minimum Gasteiger partial charge on any atom is -0.790 e. The van der Waals surface area contributed by atoms with Gasteiger partial charge in [-0.05, 0) is 68.1 Å². The zero-order valence-electron chi connectivity index (χ0n) is 22.0. The van der Waals surface area contributed by atoms with Crippen molar-refractivity contribution in [2.75, 3.05) is 23.3 Å². The number of aromatic nitrogens is 2. The van der Waals surface area contributed by atoms with Gasteiger partial charge in [-0.2, -0.15) is 4.98 Å². The Balaban J connectivity index is 0.00000200. The number of aryl methyl sites for hydroxylation is 1. The molecule has 1 aliphatic heterocycles. The van der Waals surface area contributed by atoms with E-state index >= 15 is 0 Å². The van der Waals surface area contributed by atoms with E-state index in [0.717, 1.165) is 36.1 Å². The third-order valence-electron chi connectivity index (χ3n) is 7.27. The van der Waals surface area contributed by atoms with Crippen molar-refractivity contribution in [2.45, 2.75) is 57.7 Å². The van der Waals surface area contributed by atoms with E-state index in [1.54, 1.807) is 6.20 Å². The molecule has 2 unspecified atom stereocenters. The van der Waals surface area contributed by atoms with Gasteiger partial charge in [0, 0.05) is 36.9 Å². The quantitative estimate of drug-likeness (QED) is 0.240. The van der Waals surface area contributed by atoms with Gasteiger partial charge in [-0.15, -0.1) is 0 Å². The van der Waals surface area contributed by atoms with Crippen molar-refractivity contribution in [1.29, 1.82) is 0 Å². The Morgan fingerprint density at radius 2 is 1.87 bits per heavy atom. The summed E-state index contributed by atoms with van der Waals surface area (Å²) >= 11 is 6.28. The molecule has 2 saturated carbocycles. The number of amides is 1. The Labute approximate surface area is 271 Å². The summed E-state index contributed by atoms with van der Waals surface area (Å²) in [6, 6.07) is 5.66. The van der Waals surface area contributed by atoms with Crippen LogP contribution in [0.3, 0.4) is 0 Å². The first kappa shape index (κ1) is 32.3. The van der Waals surface area contributed by atoms with Crippen LogP contribution in [0.15, 0.2) is 24.4 Å². The minimum atomic E-state index is -5.01. The molecule has 2 aromatic rings. The van der Waals surface area contributed by atoms with Crippen molar-refractivity contribution < 1.29 is 82.8 Å². The predicted molar refractivity (Wildman–Crippen MR) is 132 cm³/mol. The first-order valence-corrected chi connectivity index (χ1v) is 14.1. The van der Waals surface area contributed by atoms with E-state index < -0.39 is 13.9 Å². The number of carbonyl (C=O) groups is 1. The molecule has 14 heteroatoms. The van der Waals surface area contributed by atoms with E-state index in [2.05, 4.69) is 25.0 Å². The summed E-state index contributed by atoms with van der Waals surface area (Å²) in [5.74, 6) is 2.20. The molecule has 194 valence electrons. The number of hydrogen-bond acceptors (Lipinski definition) is 9. The maximum Gasteiger partial charge on any atom is 1.00 e. The van der Waals surface area contributed by atoms with Crippen LogP contribution in [0, 0.1) is 18.8 Å². The van der Waals surface area contributed by atoms with Crippen LogP contribution in [0.4, 0.5) is 11.8 Å². The smallest absolute Gasteiger partial charge is 0.790 e. The molecule has 1 aromatic carbocycles. The van der Waals surface area contributed by atoms with Gasteiger partial charge in [0.1, 0.15) is 11.4 Å². The topological polar surface area (TPSA) is 143 Å². The van der Waals surface area contributed by atoms with Crippen LogP contribution in [0.1, 0.15) is 53.6 Å². The van der Waals surface area contributed by atoms with Crippen LogP contribution in [0.2, 0.25) is 5.02 Å². The van der Waals surface area contributed by atoms with E-state index in [1.165, 1.54) is 6.42 Å². The maximum atomic E-state index is 13.2. The molecule has 2 aliphatic carbocycles. The average molecular weight is 580 g/mol. The number of phosphoric acid groups is 1. The summed E-state index contributed by atoms with van der Waals surface area (Å²) in [5, 5.41) is 6.98. The largest absolute Gasteiger partial charge is 1.00 e. The molecule has 0 bridgehead atoms. The molecular weight excluding hydrogens is 551 g/mol. The second-order valence-electron chi connectivity index (χ2n) is 10.0. The molecule has 2 atom stereocenters. The number of carbonyl (C=O) groups excluding carboxylic acids is 1. The Morgan fingerprint density at radius 3 is 2.50 bits per heavy atom. The molecular formula is C24H29ClN5Na2O5P. The van der Waals surface area contributed by atoms with E-state index in [9.17, 15) is 19.1 Å². The van der Waals surface area contributed by atoms with Crippen LogP contribution in [0.5, 0.6) is 0 Å². The summed E-state index contributed by atoms with van der Waals surface area (Å²) < 4.78 is 15.5. The number of fused-ring (bicyclic) bond motifs is 1. The Morgan fingerprint density at radius 1 is 1.18 bits per heavy atom. The second-order valence-corrected chi connectivity index (χ2v) is 11.5. The molecule has 2 N–H and O–H groups in total. The standard InChI is InChI=1S/C24H31ClN5O5P.2Na/c1-14-2-3-15(8-21(14)25)10-26-22-20(11-27-24(29-22)30-12-16-9-17(16)13-30)23(31)28-18-4-6-19(7-5-18)35-36(32,33)34;;/h2-3,8,11,16-19H,4-7,9-10,12-13H2,1H3,(H,28,31)(H,26,27,29)(H2,32,33,34);;/q;2*+1/p-2. The number of benzene rings is 1. The number of rotatable bonds is 8. The van der Waals surface area contributed by atoms with Gasteiger partial charge in [-0.25, -0.2) is 4.98 Å². The second kappa shape index (κ2) is 13.6. The van der Waals surface area contributed by atoms with E-state index in [-0.39, 0.29) is 71.1 Å². The van der Waals surface area contributed by atoms with Gasteiger partial charge >= 0.3 is 59.1 Å². The molecule has 3 aliphatic rings. The van der Waals surface area contributed by atoms with Gasteiger partial charge < -0.3 is 34.4 Å². The summed E-state index contributed by atoms with van der Waals surface area (Å²) in [4.78, 5) is 46.3. The summed E-state index contributed by atoms with van der Waals surface area (Å²) in [6.07, 6.45) is 3.98. The van der Waals surface area contributed by atoms with Gasteiger partial charge in [0.15, 0.2) is 0 Å². The number of piperidine rings is 1. The van der Waals surface area contributed by atoms with Crippen molar-refractivity contribution in [3.63, 3.8) is 0 Å². The van der Waals surface area contributed by atoms with Gasteiger partial charge in [-0.1, -0.05) is 23.7 Å². The van der Waals surface area contributed by atoms with Crippen molar-refractivity contribution in [3.05, 3.63) is 46.1 Å².